The first kappa shape index (κ1) is 16.1. The van der Waals surface area contributed by atoms with Crippen LogP contribution in [0.2, 0.25) is 0 Å². The number of hydrogen-bond acceptors (Lipinski definition) is 4. The third kappa shape index (κ3) is 4.58. The first-order valence-electron chi connectivity index (χ1n) is 6.13. The number of nitrogens with zero attached hydrogens (tertiary/aromatic N) is 1. The van der Waals surface area contributed by atoms with Gasteiger partial charge in [0.05, 0.1) is 12.4 Å². The fraction of sp³-hybridized carbons (Fsp3) is 0.538. The molecule has 108 valence electrons. The maximum absolute atomic E-state index is 12.2. The summed E-state index contributed by atoms with van der Waals surface area (Å²) >= 11 is 0. The van der Waals surface area contributed by atoms with Gasteiger partial charge in [0.1, 0.15) is 0 Å². The van der Waals surface area contributed by atoms with Crippen LogP contribution in [0.3, 0.4) is 0 Å². The normalized spacial score (nSPS) is 13.7. The van der Waals surface area contributed by atoms with Gasteiger partial charge in [0, 0.05) is 26.7 Å². The van der Waals surface area contributed by atoms with E-state index >= 15 is 0 Å². The van der Waals surface area contributed by atoms with E-state index < -0.39 is 10.0 Å². The van der Waals surface area contributed by atoms with Gasteiger partial charge in [0.15, 0.2) is 0 Å². The van der Waals surface area contributed by atoms with Gasteiger partial charge < -0.3 is 10.5 Å². The quantitative estimate of drug-likeness (QED) is 0.809. The van der Waals surface area contributed by atoms with E-state index in [0.29, 0.717) is 13.2 Å². The average Bonchev–Trinajstić information content (AvgIpc) is 2.38. The largest absolute Gasteiger partial charge is 0.383 e. The Morgan fingerprint density at radius 1 is 1.26 bits per heavy atom. The summed E-state index contributed by atoms with van der Waals surface area (Å²) in [5.74, 6) is -0.0115. The summed E-state index contributed by atoms with van der Waals surface area (Å²) in [6.45, 7) is 2.65. The minimum absolute atomic E-state index is 0.0115. The van der Waals surface area contributed by atoms with E-state index in [1.165, 1.54) is 4.31 Å². The second kappa shape index (κ2) is 7.00. The topological polar surface area (TPSA) is 72.6 Å². The summed E-state index contributed by atoms with van der Waals surface area (Å²) in [5, 5.41) is 0. The molecule has 2 N–H and O–H groups in total. The molecule has 0 heterocycles. The van der Waals surface area contributed by atoms with Crippen molar-refractivity contribution in [1.29, 1.82) is 0 Å². The van der Waals surface area contributed by atoms with Gasteiger partial charge in [-0.25, -0.2) is 8.42 Å². The third-order valence-electron chi connectivity index (χ3n) is 3.08. The zero-order valence-electron chi connectivity index (χ0n) is 11.7. The van der Waals surface area contributed by atoms with Crippen molar-refractivity contribution in [3.05, 3.63) is 35.4 Å². The summed E-state index contributed by atoms with van der Waals surface area (Å²) in [5.41, 5.74) is 7.25. The zero-order chi connectivity index (χ0) is 14.5. The molecule has 0 radical (unpaired) electrons. The van der Waals surface area contributed by atoms with Crippen molar-refractivity contribution >= 4 is 10.0 Å². The summed E-state index contributed by atoms with van der Waals surface area (Å²) in [7, 11) is -0.198. The standard InChI is InChI=1S/C13H22N2O3S/c1-11(9-18-3)15(2)19(16,17)10-13-6-4-12(8-14)5-7-13/h4-7,11H,8-10,14H2,1-3H3. The number of likely N-dealkylation sites (N-methyl/N-ethyl adjacent to an activating group) is 1. The highest BCUT2D eigenvalue weighted by Gasteiger charge is 2.23. The number of benzene rings is 1. The molecule has 1 aromatic rings. The number of hydrogen-bond donors (Lipinski definition) is 1. The van der Waals surface area contributed by atoms with Crippen molar-refractivity contribution in [3.63, 3.8) is 0 Å². The van der Waals surface area contributed by atoms with Gasteiger partial charge in [-0.05, 0) is 18.1 Å². The van der Waals surface area contributed by atoms with E-state index in [9.17, 15) is 8.42 Å². The lowest BCUT2D eigenvalue weighted by molar-refractivity contribution is 0.149. The maximum atomic E-state index is 12.2. The van der Waals surface area contributed by atoms with Gasteiger partial charge in [-0.3, -0.25) is 0 Å². The van der Waals surface area contributed by atoms with E-state index in [-0.39, 0.29) is 11.8 Å². The first-order chi connectivity index (χ1) is 8.90. The maximum Gasteiger partial charge on any atom is 0.218 e. The second-order valence-electron chi connectivity index (χ2n) is 4.60. The van der Waals surface area contributed by atoms with Crippen LogP contribution >= 0.6 is 0 Å². The molecule has 1 aromatic carbocycles. The summed E-state index contributed by atoms with van der Waals surface area (Å²) in [4.78, 5) is 0. The van der Waals surface area contributed by atoms with Crippen LogP contribution < -0.4 is 5.73 Å². The Balaban J connectivity index is 2.77. The molecule has 5 nitrogen and oxygen atoms in total. The summed E-state index contributed by atoms with van der Waals surface area (Å²) in [6.07, 6.45) is 0. The van der Waals surface area contributed by atoms with Crippen LogP contribution in [0.4, 0.5) is 0 Å². The monoisotopic (exact) mass is 286 g/mol. The Morgan fingerprint density at radius 2 is 1.79 bits per heavy atom. The number of nitrogens with two attached hydrogens (primary N) is 1. The molecule has 0 amide bonds. The molecule has 0 aromatic heterocycles. The number of ether oxygens (including phenoxy) is 1. The minimum atomic E-state index is -3.33. The molecule has 6 heteroatoms. The van der Waals surface area contributed by atoms with Crippen LogP contribution in [-0.2, 0) is 27.1 Å². The van der Waals surface area contributed by atoms with Crippen molar-refractivity contribution < 1.29 is 13.2 Å². The molecule has 0 fully saturated rings. The lowest BCUT2D eigenvalue weighted by Gasteiger charge is -2.23. The third-order valence-corrected chi connectivity index (χ3v) is 5.01. The number of rotatable bonds is 7. The van der Waals surface area contributed by atoms with Crippen molar-refractivity contribution in [1.82, 2.24) is 4.31 Å². The Kier molecular flexibility index (Phi) is 5.93. The van der Waals surface area contributed by atoms with Crippen molar-refractivity contribution in [2.75, 3.05) is 20.8 Å². The number of sulfonamides is 1. The van der Waals surface area contributed by atoms with E-state index in [1.807, 2.05) is 19.1 Å². The second-order valence-corrected chi connectivity index (χ2v) is 6.63. The Bertz CT molecular complexity index is 485. The predicted molar refractivity (Wildman–Crippen MR) is 76.1 cm³/mol. The molecule has 0 aliphatic rings. The molecule has 0 aliphatic heterocycles. The Hall–Kier alpha value is -0.950. The fourth-order valence-electron chi connectivity index (χ4n) is 1.70. The van der Waals surface area contributed by atoms with E-state index in [0.717, 1.165) is 11.1 Å². The molecule has 0 bridgehead atoms. The molecule has 19 heavy (non-hydrogen) atoms. The van der Waals surface area contributed by atoms with Crippen LogP contribution in [0.1, 0.15) is 18.1 Å². The van der Waals surface area contributed by atoms with E-state index in [2.05, 4.69) is 0 Å². The fourth-order valence-corrected chi connectivity index (χ4v) is 3.13. The van der Waals surface area contributed by atoms with E-state index in [4.69, 9.17) is 10.5 Å². The molecular formula is C13H22N2O3S. The van der Waals surface area contributed by atoms with E-state index in [1.54, 1.807) is 26.3 Å². The lowest BCUT2D eigenvalue weighted by Crippen LogP contribution is -2.38. The van der Waals surface area contributed by atoms with Gasteiger partial charge >= 0.3 is 0 Å². The first-order valence-corrected chi connectivity index (χ1v) is 7.74. The van der Waals surface area contributed by atoms with Crippen molar-refractivity contribution in [3.8, 4) is 0 Å². The van der Waals surface area contributed by atoms with Gasteiger partial charge in [-0.1, -0.05) is 24.3 Å². The van der Waals surface area contributed by atoms with Crippen LogP contribution in [0, 0.1) is 0 Å². The average molecular weight is 286 g/mol. The van der Waals surface area contributed by atoms with Crippen molar-refractivity contribution in [2.24, 2.45) is 5.73 Å². The smallest absolute Gasteiger partial charge is 0.218 e. The summed E-state index contributed by atoms with van der Waals surface area (Å²) in [6, 6.07) is 7.12. The Labute approximate surface area is 115 Å². The molecule has 0 aliphatic carbocycles. The Morgan fingerprint density at radius 3 is 2.26 bits per heavy atom. The predicted octanol–water partition coefficient (Wildman–Crippen LogP) is 0.942. The molecule has 1 unspecified atom stereocenters. The van der Waals surface area contributed by atoms with Crippen LogP contribution in [0.5, 0.6) is 0 Å². The lowest BCUT2D eigenvalue weighted by atomic mass is 10.1. The van der Waals surface area contributed by atoms with Gasteiger partial charge in [-0.2, -0.15) is 4.31 Å². The van der Waals surface area contributed by atoms with Crippen molar-refractivity contribution in [2.45, 2.75) is 25.3 Å². The SMILES string of the molecule is COCC(C)N(C)S(=O)(=O)Cc1ccc(CN)cc1. The highest BCUT2D eigenvalue weighted by Crippen LogP contribution is 2.13. The molecule has 1 atom stereocenters. The molecule has 0 saturated carbocycles. The highest BCUT2D eigenvalue weighted by molar-refractivity contribution is 7.88. The van der Waals surface area contributed by atoms with Gasteiger partial charge in [0.25, 0.3) is 0 Å². The molecule has 0 spiro atoms. The number of methoxy groups -OCH3 is 1. The molecule has 0 saturated heterocycles. The zero-order valence-corrected chi connectivity index (χ0v) is 12.5. The summed E-state index contributed by atoms with van der Waals surface area (Å²) < 4.78 is 30.8. The highest BCUT2D eigenvalue weighted by atomic mass is 32.2. The van der Waals surface area contributed by atoms with Gasteiger partial charge in [0.2, 0.25) is 10.0 Å². The molecular weight excluding hydrogens is 264 g/mol. The van der Waals surface area contributed by atoms with Gasteiger partial charge in [-0.15, -0.1) is 0 Å². The van der Waals surface area contributed by atoms with Crippen LogP contribution in [0.25, 0.3) is 0 Å². The minimum Gasteiger partial charge on any atom is -0.383 e. The molecule has 1 rings (SSSR count). The van der Waals surface area contributed by atoms with Crippen LogP contribution in [-0.4, -0.2) is 39.5 Å². The van der Waals surface area contributed by atoms with Crippen LogP contribution in [0.15, 0.2) is 24.3 Å².